The van der Waals surface area contributed by atoms with Crippen molar-refractivity contribution in [2.75, 3.05) is 6.61 Å². The van der Waals surface area contributed by atoms with Crippen LogP contribution in [-0.2, 0) is 9.63 Å². The highest BCUT2D eigenvalue weighted by Gasteiger charge is 1.85. The molecule has 0 aromatic carbocycles. The first-order valence-corrected chi connectivity index (χ1v) is 2.93. The lowest BCUT2D eigenvalue weighted by molar-refractivity contribution is -0.108. The van der Waals surface area contributed by atoms with Gasteiger partial charge in [-0.1, -0.05) is 0 Å². The fourth-order valence-corrected chi connectivity index (χ4v) is 0.461. The Morgan fingerprint density at radius 1 is 1.56 bits per heavy atom. The second kappa shape index (κ2) is 7.55. The van der Waals surface area contributed by atoms with Gasteiger partial charge in [-0.15, -0.1) is 5.59 Å². The molecule has 0 aliphatic carbocycles. The Morgan fingerprint density at radius 2 is 2.33 bits per heavy atom. The van der Waals surface area contributed by atoms with Crippen LogP contribution in [0.15, 0.2) is 0 Å². The molecular formula is C5H12N2O2. The number of aldehydes is 1. The van der Waals surface area contributed by atoms with Crippen molar-refractivity contribution in [2.24, 2.45) is 5.84 Å². The van der Waals surface area contributed by atoms with Gasteiger partial charge in [-0.25, -0.2) is 5.84 Å². The Labute approximate surface area is 54.3 Å². The molecule has 0 amide bonds. The molecule has 4 heteroatoms. The van der Waals surface area contributed by atoms with E-state index in [1.165, 1.54) is 0 Å². The molecule has 54 valence electrons. The molecule has 0 aliphatic heterocycles. The molecule has 3 N–H and O–H groups in total. The average molecular weight is 132 g/mol. The van der Waals surface area contributed by atoms with Gasteiger partial charge in [0.2, 0.25) is 0 Å². The summed E-state index contributed by atoms with van der Waals surface area (Å²) in [6.07, 6.45) is 3.23. The maximum Gasteiger partial charge on any atom is 0.119 e. The third-order valence-corrected chi connectivity index (χ3v) is 0.902. The van der Waals surface area contributed by atoms with Gasteiger partial charge in [0.05, 0.1) is 6.61 Å². The molecule has 0 aliphatic rings. The first kappa shape index (κ1) is 8.55. The van der Waals surface area contributed by atoms with Crippen LogP contribution in [0, 0.1) is 0 Å². The fourth-order valence-electron chi connectivity index (χ4n) is 0.461. The molecule has 0 aromatic heterocycles. The van der Waals surface area contributed by atoms with E-state index in [4.69, 9.17) is 5.84 Å². The van der Waals surface area contributed by atoms with Crippen LogP contribution in [0.4, 0.5) is 0 Å². The highest BCUT2D eigenvalue weighted by molar-refractivity contribution is 5.48. The zero-order chi connectivity index (χ0) is 6.95. The molecular weight excluding hydrogens is 120 g/mol. The van der Waals surface area contributed by atoms with Crippen molar-refractivity contribution in [3.8, 4) is 0 Å². The van der Waals surface area contributed by atoms with Gasteiger partial charge in [-0.2, -0.15) is 0 Å². The summed E-state index contributed by atoms with van der Waals surface area (Å²) in [5, 5.41) is 0. The van der Waals surface area contributed by atoms with Gasteiger partial charge in [0.1, 0.15) is 6.29 Å². The van der Waals surface area contributed by atoms with Crippen LogP contribution in [-0.4, -0.2) is 12.9 Å². The van der Waals surface area contributed by atoms with Crippen LogP contribution in [0.2, 0.25) is 0 Å². The van der Waals surface area contributed by atoms with E-state index >= 15 is 0 Å². The van der Waals surface area contributed by atoms with Gasteiger partial charge in [0, 0.05) is 6.42 Å². The van der Waals surface area contributed by atoms with Gasteiger partial charge < -0.3 is 4.79 Å². The Kier molecular flexibility index (Phi) is 7.17. The molecule has 0 atom stereocenters. The molecule has 9 heavy (non-hydrogen) atoms. The monoisotopic (exact) mass is 132 g/mol. The number of carbonyl (C=O) groups excluding carboxylic acids is 1. The second-order valence-corrected chi connectivity index (χ2v) is 1.63. The van der Waals surface area contributed by atoms with Crippen molar-refractivity contribution in [1.82, 2.24) is 5.59 Å². The molecule has 0 bridgehead atoms. The van der Waals surface area contributed by atoms with Gasteiger partial charge in [0.25, 0.3) is 0 Å². The number of hydrogen-bond acceptors (Lipinski definition) is 4. The second-order valence-electron chi connectivity index (χ2n) is 1.63. The SMILES string of the molecule is NNOCCCCC=O. The molecule has 4 nitrogen and oxygen atoms in total. The zero-order valence-corrected chi connectivity index (χ0v) is 5.30. The first-order valence-electron chi connectivity index (χ1n) is 2.93. The summed E-state index contributed by atoms with van der Waals surface area (Å²) in [5.41, 5.74) is 2.06. The maximum absolute atomic E-state index is 9.76. The molecule has 0 aromatic rings. The van der Waals surface area contributed by atoms with Gasteiger partial charge in [-0.05, 0) is 12.8 Å². The lowest BCUT2D eigenvalue weighted by Crippen LogP contribution is -2.22. The van der Waals surface area contributed by atoms with Crippen LogP contribution >= 0.6 is 0 Å². The number of hydrogen-bond donors (Lipinski definition) is 2. The number of rotatable bonds is 6. The Bertz CT molecular complexity index is 68.0. The number of carbonyl (C=O) groups is 1. The zero-order valence-electron chi connectivity index (χ0n) is 5.30. The fraction of sp³-hybridized carbons (Fsp3) is 0.800. The summed E-state index contributed by atoms with van der Waals surface area (Å²) in [6.45, 7) is 0.560. The van der Waals surface area contributed by atoms with E-state index in [-0.39, 0.29) is 0 Å². The van der Waals surface area contributed by atoms with Crippen LogP contribution in [0.25, 0.3) is 0 Å². The molecule has 0 heterocycles. The highest BCUT2D eigenvalue weighted by Crippen LogP contribution is 1.90. The van der Waals surface area contributed by atoms with Gasteiger partial charge in [-0.3, -0.25) is 4.84 Å². The summed E-state index contributed by atoms with van der Waals surface area (Å²) >= 11 is 0. The lowest BCUT2D eigenvalue weighted by Gasteiger charge is -1.97. The molecule has 0 unspecified atom stereocenters. The lowest BCUT2D eigenvalue weighted by atomic mass is 10.3. The minimum atomic E-state index is 0.560. The van der Waals surface area contributed by atoms with E-state index in [9.17, 15) is 4.79 Å². The summed E-state index contributed by atoms with van der Waals surface area (Å²) in [6, 6.07) is 0. The predicted octanol–water partition coefficient (Wildman–Crippen LogP) is -0.250. The quantitative estimate of drug-likeness (QED) is 0.226. The van der Waals surface area contributed by atoms with Crippen LogP contribution < -0.4 is 11.4 Å². The topological polar surface area (TPSA) is 64.3 Å². The smallest absolute Gasteiger partial charge is 0.119 e. The van der Waals surface area contributed by atoms with Crippen LogP contribution in [0.1, 0.15) is 19.3 Å². The van der Waals surface area contributed by atoms with Crippen LogP contribution in [0.3, 0.4) is 0 Å². The highest BCUT2D eigenvalue weighted by atomic mass is 16.7. The Hall–Kier alpha value is -0.450. The largest absolute Gasteiger partial charge is 0.303 e. The molecule has 0 saturated heterocycles. The number of nitrogens with two attached hydrogens (primary N) is 1. The Balaban J connectivity index is 2.66. The van der Waals surface area contributed by atoms with E-state index < -0.39 is 0 Å². The van der Waals surface area contributed by atoms with Crippen LogP contribution in [0.5, 0.6) is 0 Å². The van der Waals surface area contributed by atoms with E-state index in [0.717, 1.165) is 19.1 Å². The molecule has 0 rings (SSSR count). The van der Waals surface area contributed by atoms with E-state index in [1.54, 1.807) is 0 Å². The van der Waals surface area contributed by atoms with Crippen molar-refractivity contribution in [1.29, 1.82) is 0 Å². The number of hydrazine groups is 1. The molecule has 0 saturated carbocycles. The summed E-state index contributed by atoms with van der Waals surface area (Å²) < 4.78 is 0. The Morgan fingerprint density at radius 3 is 2.89 bits per heavy atom. The normalized spacial score (nSPS) is 9.44. The van der Waals surface area contributed by atoms with Crippen molar-refractivity contribution in [2.45, 2.75) is 19.3 Å². The molecule has 0 radical (unpaired) electrons. The van der Waals surface area contributed by atoms with Crippen molar-refractivity contribution in [3.05, 3.63) is 0 Å². The maximum atomic E-state index is 9.76. The summed E-state index contributed by atoms with van der Waals surface area (Å²) in [7, 11) is 0. The van der Waals surface area contributed by atoms with Gasteiger partial charge >= 0.3 is 0 Å². The van der Waals surface area contributed by atoms with Gasteiger partial charge in [0.15, 0.2) is 0 Å². The third kappa shape index (κ3) is 7.55. The van der Waals surface area contributed by atoms with Crippen molar-refractivity contribution in [3.63, 3.8) is 0 Å². The predicted molar refractivity (Wildman–Crippen MR) is 33.2 cm³/mol. The minimum Gasteiger partial charge on any atom is -0.303 e. The molecule has 0 spiro atoms. The molecule has 0 fully saturated rings. The minimum absolute atomic E-state index is 0.560. The standard InChI is InChI=1S/C5H12N2O2/c6-7-9-5-3-1-2-4-8/h4,7H,1-3,5-6H2. The van der Waals surface area contributed by atoms with E-state index in [0.29, 0.717) is 13.0 Å². The van der Waals surface area contributed by atoms with Crippen molar-refractivity contribution < 1.29 is 9.63 Å². The van der Waals surface area contributed by atoms with E-state index in [1.807, 2.05) is 0 Å². The summed E-state index contributed by atoms with van der Waals surface area (Å²) in [4.78, 5) is 14.3. The average Bonchev–Trinajstić information content (AvgIpc) is 1.89. The first-order chi connectivity index (χ1) is 4.41. The van der Waals surface area contributed by atoms with Crippen molar-refractivity contribution >= 4 is 6.29 Å². The number of unbranched alkanes of at least 4 members (excludes halogenated alkanes) is 2. The summed E-state index contributed by atoms with van der Waals surface area (Å²) in [5.74, 6) is 4.80. The van der Waals surface area contributed by atoms with E-state index in [2.05, 4.69) is 10.4 Å². The number of nitrogens with one attached hydrogen (secondary N) is 1. The third-order valence-electron chi connectivity index (χ3n) is 0.902.